The minimum atomic E-state index is -1.06. The number of anilines is 1. The smallest absolute Gasteiger partial charge is 0.255 e. The zero-order valence-electron chi connectivity index (χ0n) is 25.7. The van der Waals surface area contributed by atoms with E-state index in [0.29, 0.717) is 64.1 Å². The van der Waals surface area contributed by atoms with Crippen LogP contribution in [0.5, 0.6) is 11.5 Å². The summed E-state index contributed by atoms with van der Waals surface area (Å²) in [5.41, 5.74) is 3.41. The topological polar surface area (TPSA) is 77.4 Å². The first-order chi connectivity index (χ1) is 21.9. The van der Waals surface area contributed by atoms with E-state index in [9.17, 15) is 9.59 Å². The molecular weight excluding hydrogens is 564 g/mol. The van der Waals surface area contributed by atoms with Crippen LogP contribution in [0.1, 0.15) is 42.6 Å². The fourth-order valence-corrected chi connectivity index (χ4v) is 6.11. The normalized spacial score (nSPS) is 20.0. The van der Waals surface area contributed by atoms with Crippen LogP contribution >= 0.6 is 0 Å². The van der Waals surface area contributed by atoms with Gasteiger partial charge in [-0.1, -0.05) is 60.7 Å². The zero-order chi connectivity index (χ0) is 31.6. The van der Waals surface area contributed by atoms with E-state index in [-0.39, 0.29) is 11.7 Å². The van der Waals surface area contributed by atoms with E-state index in [2.05, 4.69) is 0 Å². The highest BCUT2D eigenvalue weighted by molar-refractivity contribution is 6.21. The summed E-state index contributed by atoms with van der Waals surface area (Å²) in [4.78, 5) is 35.2. The minimum Gasteiger partial charge on any atom is -0.497 e. The number of amides is 1. The van der Waals surface area contributed by atoms with Crippen LogP contribution in [0.2, 0.25) is 0 Å². The van der Waals surface area contributed by atoms with E-state index in [4.69, 9.17) is 19.2 Å². The number of piperidine rings is 1. The number of methoxy groups -OCH3 is 2. The van der Waals surface area contributed by atoms with Crippen LogP contribution < -0.4 is 14.4 Å². The highest BCUT2D eigenvalue weighted by atomic mass is 16.5. The van der Waals surface area contributed by atoms with Crippen LogP contribution in [-0.2, 0) is 9.53 Å². The van der Waals surface area contributed by atoms with Gasteiger partial charge in [0.25, 0.3) is 5.91 Å². The first kappa shape index (κ1) is 29.6. The van der Waals surface area contributed by atoms with Gasteiger partial charge in [0.2, 0.25) is 5.90 Å². The maximum absolute atomic E-state index is 14.8. The Morgan fingerprint density at radius 2 is 1.40 bits per heavy atom. The number of nitrogens with zero attached hydrogens (tertiary/aromatic N) is 2. The molecule has 0 saturated carbocycles. The van der Waals surface area contributed by atoms with Gasteiger partial charge in [-0.3, -0.25) is 14.5 Å². The Bertz CT molecular complexity index is 1820. The quantitative estimate of drug-likeness (QED) is 0.159. The molecule has 45 heavy (non-hydrogen) atoms. The number of carbonyl (C=O) groups excluding carboxylic acids is 2. The van der Waals surface area contributed by atoms with Gasteiger partial charge in [-0.05, 0) is 75.2 Å². The second-order valence-corrected chi connectivity index (χ2v) is 11.0. The Labute approximate surface area is 263 Å². The number of carbonyl (C=O) groups is 2. The summed E-state index contributed by atoms with van der Waals surface area (Å²) in [5.74, 6) is 1.97. The molecule has 4 aromatic rings. The largest absolute Gasteiger partial charge is 0.497 e. The molecule has 226 valence electrons. The SMILES string of the molecule is COc1ccc(N=C2OC(c3ccccc3)=C(C)[C@@]23CC/C(=C(\C)C(=O)c2ccccc2)C(=O)N3c2ccc(OC)cc2)cc1. The summed E-state index contributed by atoms with van der Waals surface area (Å²) in [5, 5.41) is 0. The van der Waals surface area contributed by atoms with Crippen molar-refractivity contribution in [2.45, 2.75) is 32.2 Å². The Hall–Kier alpha value is -5.43. The lowest BCUT2D eigenvalue weighted by atomic mass is 9.77. The number of hydrogen-bond donors (Lipinski definition) is 0. The average Bonchev–Trinajstić information content (AvgIpc) is 3.35. The number of allylic oxidation sites excluding steroid dienone is 1. The summed E-state index contributed by atoms with van der Waals surface area (Å²) in [6.45, 7) is 3.74. The van der Waals surface area contributed by atoms with Gasteiger partial charge >= 0.3 is 0 Å². The van der Waals surface area contributed by atoms with Crippen molar-refractivity contribution < 1.29 is 23.8 Å². The summed E-state index contributed by atoms with van der Waals surface area (Å²) >= 11 is 0. The fraction of sp³-hybridized carbons (Fsp3) is 0.184. The van der Waals surface area contributed by atoms with Crippen LogP contribution in [-0.4, -0.2) is 37.3 Å². The molecule has 1 amide bonds. The van der Waals surface area contributed by atoms with Gasteiger partial charge in [-0.15, -0.1) is 0 Å². The molecule has 0 N–H and O–H groups in total. The molecule has 2 aliphatic heterocycles. The molecule has 0 radical (unpaired) electrons. The Morgan fingerprint density at radius 1 is 0.822 bits per heavy atom. The van der Waals surface area contributed by atoms with E-state index in [1.807, 2.05) is 104 Å². The van der Waals surface area contributed by atoms with Crippen molar-refractivity contribution in [1.82, 2.24) is 0 Å². The second kappa shape index (κ2) is 12.3. The van der Waals surface area contributed by atoms with E-state index in [1.54, 1.807) is 38.2 Å². The number of hydrogen-bond acceptors (Lipinski definition) is 6. The van der Waals surface area contributed by atoms with Gasteiger partial charge in [0.1, 0.15) is 22.8 Å². The maximum Gasteiger partial charge on any atom is 0.255 e. The first-order valence-electron chi connectivity index (χ1n) is 14.8. The molecule has 2 aliphatic rings. The number of rotatable bonds is 7. The highest BCUT2D eigenvalue weighted by Crippen LogP contribution is 2.50. The fourth-order valence-electron chi connectivity index (χ4n) is 6.11. The van der Waals surface area contributed by atoms with Gasteiger partial charge in [0.05, 0.1) is 19.9 Å². The van der Waals surface area contributed by atoms with Crippen molar-refractivity contribution in [2.75, 3.05) is 19.1 Å². The van der Waals surface area contributed by atoms with Crippen LogP contribution in [0.15, 0.2) is 131 Å². The number of Topliss-reactive ketones (excluding diaryl/α,β-unsaturated/α-hetero) is 1. The van der Waals surface area contributed by atoms with Crippen LogP contribution in [0.4, 0.5) is 11.4 Å². The average molecular weight is 599 g/mol. The molecule has 4 aromatic carbocycles. The summed E-state index contributed by atoms with van der Waals surface area (Å²) in [6, 6.07) is 33.6. The van der Waals surface area contributed by atoms with Gasteiger partial charge < -0.3 is 14.2 Å². The monoisotopic (exact) mass is 598 g/mol. The van der Waals surface area contributed by atoms with E-state index >= 15 is 0 Å². The molecular formula is C38H34N2O5. The van der Waals surface area contributed by atoms with Crippen LogP contribution in [0.3, 0.4) is 0 Å². The Morgan fingerprint density at radius 3 is 2.00 bits per heavy atom. The molecule has 1 fully saturated rings. The summed E-state index contributed by atoms with van der Waals surface area (Å²) in [7, 11) is 3.22. The number of ketones is 1. The maximum atomic E-state index is 14.8. The Balaban J connectivity index is 1.56. The van der Waals surface area contributed by atoms with Crippen LogP contribution in [0, 0.1) is 0 Å². The third-order valence-corrected chi connectivity index (χ3v) is 8.59. The standard InChI is InChI=1S/C38H34N2O5/c1-25(34(41)27-11-7-5-8-12-27)33-23-24-38(40(36(33)42)30-17-21-32(44-4)22-18-30)26(2)35(28-13-9-6-10-14-28)45-37(38)39-29-15-19-31(43-3)20-16-29/h5-22H,23-24H2,1-4H3/b33-25-,39-37?/t38-/m0/s1. The van der Waals surface area contributed by atoms with Crippen LogP contribution in [0.25, 0.3) is 5.76 Å². The molecule has 7 nitrogen and oxygen atoms in total. The molecule has 0 aliphatic carbocycles. The molecule has 0 bridgehead atoms. The highest BCUT2D eigenvalue weighted by Gasteiger charge is 2.57. The lowest BCUT2D eigenvalue weighted by Crippen LogP contribution is -2.60. The van der Waals surface area contributed by atoms with Gasteiger partial charge in [-0.2, -0.15) is 0 Å². The van der Waals surface area contributed by atoms with Gasteiger partial charge in [-0.25, -0.2) is 4.99 Å². The van der Waals surface area contributed by atoms with Crippen molar-refractivity contribution in [1.29, 1.82) is 0 Å². The predicted molar refractivity (Wildman–Crippen MR) is 176 cm³/mol. The second-order valence-electron chi connectivity index (χ2n) is 11.0. The first-order valence-corrected chi connectivity index (χ1v) is 14.8. The summed E-state index contributed by atoms with van der Waals surface area (Å²) < 4.78 is 17.4. The van der Waals surface area contributed by atoms with Crippen molar-refractivity contribution >= 4 is 34.7 Å². The van der Waals surface area contributed by atoms with Crippen molar-refractivity contribution in [2.24, 2.45) is 4.99 Å². The molecule has 6 rings (SSSR count). The number of benzene rings is 4. The number of aliphatic imine (C=N–C) groups is 1. The minimum absolute atomic E-state index is 0.170. The lowest BCUT2D eigenvalue weighted by molar-refractivity contribution is -0.116. The molecule has 2 heterocycles. The molecule has 1 atom stereocenters. The molecule has 0 aromatic heterocycles. The van der Waals surface area contributed by atoms with Crippen molar-refractivity contribution in [3.63, 3.8) is 0 Å². The molecule has 1 saturated heterocycles. The zero-order valence-corrected chi connectivity index (χ0v) is 25.7. The van der Waals surface area contributed by atoms with Crippen molar-refractivity contribution in [3.05, 3.63) is 137 Å². The molecule has 0 unspecified atom stereocenters. The predicted octanol–water partition coefficient (Wildman–Crippen LogP) is 7.96. The van der Waals surface area contributed by atoms with Gasteiger partial charge in [0.15, 0.2) is 5.78 Å². The van der Waals surface area contributed by atoms with E-state index < -0.39 is 5.54 Å². The number of ether oxygens (including phenoxy) is 3. The molecule has 1 spiro atoms. The van der Waals surface area contributed by atoms with E-state index in [1.165, 1.54) is 0 Å². The molecule has 7 heteroatoms. The third-order valence-electron chi connectivity index (χ3n) is 8.59. The summed E-state index contributed by atoms with van der Waals surface area (Å²) in [6.07, 6.45) is 0.816. The third kappa shape index (κ3) is 5.31. The lowest BCUT2D eigenvalue weighted by Gasteiger charge is -2.45. The van der Waals surface area contributed by atoms with Crippen molar-refractivity contribution in [3.8, 4) is 11.5 Å². The van der Waals surface area contributed by atoms with E-state index in [0.717, 1.165) is 11.1 Å². The Kier molecular flexibility index (Phi) is 8.09. The van der Waals surface area contributed by atoms with Gasteiger partial charge in [0, 0.05) is 33.5 Å².